The van der Waals surface area contributed by atoms with Crippen molar-refractivity contribution in [1.82, 2.24) is 0 Å². The lowest BCUT2D eigenvalue weighted by Gasteiger charge is -2.33. The van der Waals surface area contributed by atoms with Gasteiger partial charge in [-0.15, -0.1) is 0 Å². The smallest absolute Gasteiger partial charge is 0.143 e. The van der Waals surface area contributed by atoms with Crippen molar-refractivity contribution in [1.29, 1.82) is 0 Å². The zero-order valence-electron chi connectivity index (χ0n) is 10.5. The number of rotatable bonds is 2. The molecule has 0 aromatic carbocycles. The van der Waals surface area contributed by atoms with Gasteiger partial charge in [0, 0.05) is 11.3 Å². The molecule has 0 saturated heterocycles. The first-order valence-corrected chi connectivity index (χ1v) is 5.20. The van der Waals surface area contributed by atoms with E-state index >= 15 is 0 Å². The number of ketones is 1. The van der Waals surface area contributed by atoms with Gasteiger partial charge < -0.3 is 5.11 Å². The second-order valence-electron chi connectivity index (χ2n) is 6.21. The minimum absolute atomic E-state index is 0.125. The Hall–Kier alpha value is -0.370. The Balaban J connectivity index is 4.65. The number of carbonyl (C=O) groups is 1. The van der Waals surface area contributed by atoms with Gasteiger partial charge in [-0.1, -0.05) is 48.5 Å². The van der Waals surface area contributed by atoms with Crippen LogP contribution >= 0.6 is 0 Å². The van der Waals surface area contributed by atoms with Crippen LogP contribution in [0.2, 0.25) is 0 Å². The molecule has 2 nitrogen and oxygen atoms in total. The van der Waals surface area contributed by atoms with E-state index in [0.717, 1.165) is 0 Å². The lowest BCUT2D eigenvalue weighted by molar-refractivity contribution is -0.136. The molecule has 0 spiro atoms. The number of hydrogen-bond donors (Lipinski definition) is 1. The summed E-state index contributed by atoms with van der Waals surface area (Å²) in [6.45, 7) is 13.3. The van der Waals surface area contributed by atoms with Crippen LogP contribution in [-0.4, -0.2) is 17.0 Å². The molecule has 14 heavy (non-hydrogen) atoms. The first-order valence-electron chi connectivity index (χ1n) is 5.20. The molecule has 0 radical (unpaired) electrons. The molecule has 0 aliphatic carbocycles. The topological polar surface area (TPSA) is 37.3 Å². The molecule has 0 bridgehead atoms. The molecule has 1 N–H and O–H groups in total. The van der Waals surface area contributed by atoms with Gasteiger partial charge >= 0.3 is 0 Å². The SMILES string of the molecule is C[C@H](C(=O)C(C)(C)C)[C@@H](O)C(C)(C)C. The molecule has 0 heterocycles. The molecule has 0 fully saturated rings. The summed E-state index contributed by atoms with van der Waals surface area (Å²) in [5.74, 6) is -0.171. The summed E-state index contributed by atoms with van der Waals surface area (Å²) in [6, 6.07) is 0. The quantitative estimate of drug-likeness (QED) is 0.744. The summed E-state index contributed by atoms with van der Waals surface area (Å²) in [5.41, 5.74) is -0.605. The highest BCUT2D eigenvalue weighted by Crippen LogP contribution is 2.30. The molecule has 0 rings (SSSR count). The number of carbonyl (C=O) groups excluding carboxylic acids is 1. The fourth-order valence-electron chi connectivity index (χ4n) is 1.58. The number of aliphatic hydroxyl groups is 1. The molecule has 0 aromatic heterocycles. The monoisotopic (exact) mass is 200 g/mol. The van der Waals surface area contributed by atoms with E-state index in [1.165, 1.54) is 0 Å². The maximum absolute atomic E-state index is 11.9. The Morgan fingerprint density at radius 1 is 1.07 bits per heavy atom. The molecule has 0 saturated carbocycles. The first kappa shape index (κ1) is 13.6. The largest absolute Gasteiger partial charge is 0.392 e. The van der Waals surface area contributed by atoms with Crippen molar-refractivity contribution in [2.45, 2.75) is 54.6 Å². The van der Waals surface area contributed by atoms with Gasteiger partial charge in [-0.3, -0.25) is 4.79 Å². The first-order chi connectivity index (χ1) is 5.98. The van der Waals surface area contributed by atoms with Crippen molar-refractivity contribution in [3.8, 4) is 0 Å². The average molecular weight is 200 g/mol. The van der Waals surface area contributed by atoms with Crippen molar-refractivity contribution < 1.29 is 9.90 Å². The van der Waals surface area contributed by atoms with Crippen LogP contribution in [0.15, 0.2) is 0 Å². The van der Waals surface area contributed by atoms with Crippen LogP contribution in [0, 0.1) is 16.7 Å². The molecular weight excluding hydrogens is 176 g/mol. The summed E-state index contributed by atoms with van der Waals surface area (Å²) in [6.07, 6.45) is -0.575. The zero-order chi connectivity index (χ0) is 11.7. The van der Waals surface area contributed by atoms with Crippen molar-refractivity contribution >= 4 is 5.78 Å². The van der Waals surface area contributed by atoms with E-state index in [4.69, 9.17) is 0 Å². The summed E-state index contributed by atoms with van der Waals surface area (Å²) >= 11 is 0. The van der Waals surface area contributed by atoms with Crippen molar-refractivity contribution in [2.24, 2.45) is 16.7 Å². The Morgan fingerprint density at radius 2 is 1.43 bits per heavy atom. The number of Topliss-reactive ketones (excluding diaryl/α,β-unsaturated/α-hetero) is 1. The van der Waals surface area contributed by atoms with Crippen molar-refractivity contribution in [3.05, 3.63) is 0 Å². The summed E-state index contributed by atoms with van der Waals surface area (Å²) < 4.78 is 0. The van der Waals surface area contributed by atoms with Gasteiger partial charge in [0.1, 0.15) is 5.78 Å². The highest BCUT2D eigenvalue weighted by molar-refractivity contribution is 5.86. The minimum atomic E-state index is -0.575. The van der Waals surface area contributed by atoms with Gasteiger partial charge in [0.2, 0.25) is 0 Å². The third-order valence-electron chi connectivity index (χ3n) is 2.51. The second kappa shape index (κ2) is 4.01. The Kier molecular flexibility index (Phi) is 3.91. The van der Waals surface area contributed by atoms with Gasteiger partial charge in [-0.25, -0.2) is 0 Å². The van der Waals surface area contributed by atoms with Crippen LogP contribution in [0.1, 0.15) is 48.5 Å². The molecule has 0 aliphatic rings. The third kappa shape index (κ3) is 3.41. The van der Waals surface area contributed by atoms with Gasteiger partial charge in [-0.05, 0) is 5.41 Å². The standard InChI is InChI=1S/C12H24O2/c1-8(9(13)11(2,3)4)10(14)12(5,6)7/h8-9,13H,1-7H3/t8-,9+/m0/s1. The van der Waals surface area contributed by atoms with Crippen LogP contribution in [0.5, 0.6) is 0 Å². The Bertz CT molecular complexity index is 205. The fraction of sp³-hybridized carbons (Fsp3) is 0.917. The normalized spacial score (nSPS) is 17.7. The summed E-state index contributed by atoms with van der Waals surface area (Å²) in [4.78, 5) is 11.9. The van der Waals surface area contributed by atoms with Crippen LogP contribution in [0.4, 0.5) is 0 Å². The predicted molar refractivity (Wildman–Crippen MR) is 59.1 cm³/mol. The molecule has 0 aliphatic heterocycles. The van der Waals surface area contributed by atoms with Crippen LogP contribution < -0.4 is 0 Å². The van der Waals surface area contributed by atoms with Gasteiger partial charge in [0.05, 0.1) is 6.10 Å². The lowest BCUT2D eigenvalue weighted by Crippen LogP contribution is -2.40. The summed E-state index contributed by atoms with van der Waals surface area (Å²) in [7, 11) is 0. The molecular formula is C12H24O2. The fourth-order valence-corrected chi connectivity index (χ4v) is 1.58. The molecule has 0 aromatic rings. The number of aliphatic hydroxyl groups excluding tert-OH is 1. The molecule has 0 unspecified atom stereocenters. The molecule has 84 valence electrons. The summed E-state index contributed by atoms with van der Waals surface area (Å²) in [5, 5.41) is 9.97. The van der Waals surface area contributed by atoms with E-state index < -0.39 is 6.10 Å². The van der Waals surface area contributed by atoms with E-state index in [0.29, 0.717) is 0 Å². The van der Waals surface area contributed by atoms with Crippen LogP contribution in [0.25, 0.3) is 0 Å². The minimum Gasteiger partial charge on any atom is -0.392 e. The van der Waals surface area contributed by atoms with E-state index in [-0.39, 0.29) is 22.5 Å². The molecule has 2 atom stereocenters. The molecule has 2 heteroatoms. The van der Waals surface area contributed by atoms with Gasteiger partial charge in [-0.2, -0.15) is 0 Å². The average Bonchev–Trinajstić information content (AvgIpc) is 1.97. The predicted octanol–water partition coefficient (Wildman–Crippen LogP) is 2.64. The highest BCUT2D eigenvalue weighted by atomic mass is 16.3. The van der Waals surface area contributed by atoms with Crippen molar-refractivity contribution in [3.63, 3.8) is 0 Å². The van der Waals surface area contributed by atoms with E-state index in [1.807, 2.05) is 48.5 Å². The van der Waals surface area contributed by atoms with E-state index in [1.54, 1.807) is 0 Å². The molecule has 0 amide bonds. The lowest BCUT2D eigenvalue weighted by atomic mass is 9.74. The third-order valence-corrected chi connectivity index (χ3v) is 2.51. The van der Waals surface area contributed by atoms with E-state index in [9.17, 15) is 9.90 Å². The van der Waals surface area contributed by atoms with Crippen molar-refractivity contribution in [2.75, 3.05) is 0 Å². The van der Waals surface area contributed by atoms with Gasteiger partial charge in [0.25, 0.3) is 0 Å². The van der Waals surface area contributed by atoms with E-state index in [2.05, 4.69) is 0 Å². The maximum atomic E-state index is 11.9. The zero-order valence-corrected chi connectivity index (χ0v) is 10.5. The Morgan fingerprint density at radius 3 is 1.64 bits per heavy atom. The van der Waals surface area contributed by atoms with Gasteiger partial charge in [0.15, 0.2) is 0 Å². The number of hydrogen-bond acceptors (Lipinski definition) is 2. The maximum Gasteiger partial charge on any atom is 0.143 e. The highest BCUT2D eigenvalue weighted by Gasteiger charge is 2.36. The second-order valence-corrected chi connectivity index (χ2v) is 6.21. The Labute approximate surface area is 87.7 Å². The van der Waals surface area contributed by atoms with Crippen LogP contribution in [-0.2, 0) is 4.79 Å². The van der Waals surface area contributed by atoms with Crippen LogP contribution in [0.3, 0.4) is 0 Å².